The Bertz CT molecular complexity index is 187. The van der Waals surface area contributed by atoms with Gasteiger partial charge in [0.25, 0.3) is 0 Å². The molecule has 2 aliphatic rings. The highest BCUT2D eigenvalue weighted by molar-refractivity contribution is 5.05. The van der Waals surface area contributed by atoms with Crippen molar-refractivity contribution in [2.75, 3.05) is 13.2 Å². The molecule has 0 aromatic heterocycles. The first-order chi connectivity index (χ1) is 5.68. The summed E-state index contributed by atoms with van der Waals surface area (Å²) in [5, 5.41) is 9.25. The summed E-state index contributed by atoms with van der Waals surface area (Å²) >= 11 is 0. The molecule has 1 N–H and O–H groups in total. The van der Waals surface area contributed by atoms with E-state index in [0.717, 1.165) is 12.8 Å². The van der Waals surface area contributed by atoms with Gasteiger partial charge in [-0.1, -0.05) is 0 Å². The fourth-order valence-electron chi connectivity index (χ4n) is 2.76. The van der Waals surface area contributed by atoms with Crippen LogP contribution in [0.1, 0.15) is 26.2 Å². The van der Waals surface area contributed by atoms with E-state index >= 15 is 0 Å². The molecule has 2 heterocycles. The van der Waals surface area contributed by atoms with Crippen molar-refractivity contribution in [3.05, 3.63) is 0 Å². The third-order valence-electron chi connectivity index (χ3n) is 3.46. The molecule has 3 atom stereocenters. The summed E-state index contributed by atoms with van der Waals surface area (Å²) in [6, 6.07) is 0.456. The van der Waals surface area contributed by atoms with Crippen LogP contribution in [0.3, 0.4) is 0 Å². The van der Waals surface area contributed by atoms with Crippen molar-refractivity contribution in [1.82, 2.24) is 4.90 Å². The molecular formula is C9H16FNO. The van der Waals surface area contributed by atoms with Gasteiger partial charge in [0.1, 0.15) is 6.17 Å². The van der Waals surface area contributed by atoms with Crippen LogP contribution in [0, 0.1) is 0 Å². The molecule has 12 heavy (non-hydrogen) atoms. The molecule has 0 unspecified atom stereocenters. The molecule has 0 radical (unpaired) electrons. The zero-order valence-electron chi connectivity index (χ0n) is 7.46. The topological polar surface area (TPSA) is 23.5 Å². The molecule has 0 aliphatic carbocycles. The number of alkyl halides is 1. The summed E-state index contributed by atoms with van der Waals surface area (Å²) in [6.45, 7) is 2.77. The van der Waals surface area contributed by atoms with Crippen molar-refractivity contribution in [3.63, 3.8) is 0 Å². The van der Waals surface area contributed by atoms with E-state index in [0.29, 0.717) is 19.0 Å². The fourth-order valence-corrected chi connectivity index (χ4v) is 2.76. The van der Waals surface area contributed by atoms with E-state index in [-0.39, 0.29) is 12.1 Å². The molecule has 2 fully saturated rings. The molecule has 0 aromatic carbocycles. The van der Waals surface area contributed by atoms with Gasteiger partial charge in [0, 0.05) is 24.5 Å². The first-order valence-corrected chi connectivity index (χ1v) is 4.70. The zero-order valence-corrected chi connectivity index (χ0v) is 7.46. The molecule has 2 nitrogen and oxygen atoms in total. The second-order valence-electron chi connectivity index (χ2n) is 4.22. The van der Waals surface area contributed by atoms with E-state index in [1.807, 2.05) is 0 Å². The second-order valence-corrected chi connectivity index (χ2v) is 4.22. The average molecular weight is 173 g/mol. The van der Waals surface area contributed by atoms with Crippen LogP contribution >= 0.6 is 0 Å². The van der Waals surface area contributed by atoms with Gasteiger partial charge in [-0.25, -0.2) is 4.39 Å². The van der Waals surface area contributed by atoms with E-state index in [2.05, 4.69) is 11.8 Å². The van der Waals surface area contributed by atoms with Gasteiger partial charge in [-0.2, -0.15) is 0 Å². The fraction of sp³-hybridized carbons (Fsp3) is 1.00. The lowest BCUT2D eigenvalue weighted by atomic mass is 9.95. The standard InChI is InChI=1S/C9H16FNO/c1-7-2-3-9(6-12)4-8(10)5-11(7)9/h7-8,12H,2-6H2,1H3/t7-,8+,9-/m0/s1. The third-order valence-corrected chi connectivity index (χ3v) is 3.46. The maximum absolute atomic E-state index is 13.1. The number of hydrogen-bond acceptors (Lipinski definition) is 2. The zero-order chi connectivity index (χ0) is 8.77. The molecular weight excluding hydrogens is 157 g/mol. The predicted molar refractivity (Wildman–Crippen MR) is 44.7 cm³/mol. The molecule has 0 amide bonds. The summed E-state index contributed by atoms with van der Waals surface area (Å²) in [4.78, 5) is 2.15. The maximum Gasteiger partial charge on any atom is 0.115 e. The van der Waals surface area contributed by atoms with Crippen molar-refractivity contribution in [2.24, 2.45) is 0 Å². The van der Waals surface area contributed by atoms with E-state index in [4.69, 9.17) is 0 Å². The van der Waals surface area contributed by atoms with Crippen LogP contribution in [-0.4, -0.2) is 40.9 Å². The quantitative estimate of drug-likeness (QED) is 0.638. The highest BCUT2D eigenvalue weighted by Crippen LogP contribution is 2.42. The summed E-state index contributed by atoms with van der Waals surface area (Å²) in [7, 11) is 0. The Morgan fingerprint density at radius 2 is 2.42 bits per heavy atom. The lowest BCUT2D eigenvalue weighted by Gasteiger charge is -2.31. The second kappa shape index (κ2) is 2.67. The van der Waals surface area contributed by atoms with Crippen LogP contribution in [0.4, 0.5) is 4.39 Å². The van der Waals surface area contributed by atoms with Crippen molar-refractivity contribution in [3.8, 4) is 0 Å². The van der Waals surface area contributed by atoms with Crippen molar-refractivity contribution < 1.29 is 9.50 Å². The first-order valence-electron chi connectivity index (χ1n) is 4.70. The molecule has 2 rings (SSSR count). The molecule has 0 aromatic rings. The van der Waals surface area contributed by atoms with E-state index < -0.39 is 6.17 Å². The average Bonchev–Trinajstić information content (AvgIpc) is 2.51. The number of halogens is 1. The molecule has 2 aliphatic heterocycles. The highest BCUT2D eigenvalue weighted by Gasteiger charge is 2.50. The summed E-state index contributed by atoms with van der Waals surface area (Å²) in [6.07, 6.45) is 1.88. The minimum absolute atomic E-state index is 0.123. The number of fused-ring (bicyclic) bond motifs is 1. The van der Waals surface area contributed by atoms with Gasteiger partial charge in [0.15, 0.2) is 0 Å². The molecule has 0 spiro atoms. The third kappa shape index (κ3) is 0.995. The summed E-state index contributed by atoms with van der Waals surface area (Å²) in [5.74, 6) is 0. The van der Waals surface area contributed by atoms with Crippen LogP contribution in [-0.2, 0) is 0 Å². The number of nitrogens with zero attached hydrogens (tertiary/aromatic N) is 1. The minimum Gasteiger partial charge on any atom is -0.394 e. The molecule has 3 heteroatoms. The Labute approximate surface area is 72.4 Å². The van der Waals surface area contributed by atoms with E-state index in [1.165, 1.54) is 0 Å². The van der Waals surface area contributed by atoms with Crippen LogP contribution in [0.15, 0.2) is 0 Å². The lowest BCUT2D eigenvalue weighted by molar-refractivity contribution is 0.0818. The molecule has 0 bridgehead atoms. The van der Waals surface area contributed by atoms with Crippen molar-refractivity contribution in [2.45, 2.75) is 43.9 Å². The summed E-state index contributed by atoms with van der Waals surface area (Å²) < 4.78 is 13.1. The van der Waals surface area contributed by atoms with E-state index in [9.17, 15) is 9.50 Å². The van der Waals surface area contributed by atoms with Gasteiger partial charge in [0.2, 0.25) is 0 Å². The normalized spacial score (nSPS) is 48.2. The monoisotopic (exact) mass is 173 g/mol. The van der Waals surface area contributed by atoms with E-state index in [1.54, 1.807) is 0 Å². The van der Waals surface area contributed by atoms with Crippen molar-refractivity contribution >= 4 is 0 Å². The molecule has 0 saturated carbocycles. The predicted octanol–water partition coefficient (Wildman–Crippen LogP) is 0.944. The smallest absolute Gasteiger partial charge is 0.115 e. The summed E-state index contributed by atoms with van der Waals surface area (Å²) in [5.41, 5.74) is -0.196. The minimum atomic E-state index is -0.722. The number of rotatable bonds is 1. The lowest BCUT2D eigenvalue weighted by Crippen LogP contribution is -2.44. The van der Waals surface area contributed by atoms with Crippen molar-refractivity contribution in [1.29, 1.82) is 0 Å². The number of aliphatic hydroxyl groups excluding tert-OH is 1. The number of aliphatic hydroxyl groups is 1. The van der Waals surface area contributed by atoms with Crippen LogP contribution < -0.4 is 0 Å². The van der Waals surface area contributed by atoms with Gasteiger partial charge in [-0.15, -0.1) is 0 Å². The van der Waals surface area contributed by atoms with Crippen LogP contribution in [0.2, 0.25) is 0 Å². The maximum atomic E-state index is 13.1. The van der Waals surface area contributed by atoms with Gasteiger partial charge >= 0.3 is 0 Å². The largest absolute Gasteiger partial charge is 0.394 e. The van der Waals surface area contributed by atoms with Crippen LogP contribution in [0.5, 0.6) is 0 Å². The highest BCUT2D eigenvalue weighted by atomic mass is 19.1. The Morgan fingerprint density at radius 1 is 1.67 bits per heavy atom. The number of hydrogen-bond donors (Lipinski definition) is 1. The molecule has 70 valence electrons. The first kappa shape index (κ1) is 8.45. The SMILES string of the molecule is C[C@H]1CC[C@@]2(CO)C[C@@H](F)CN12. The Morgan fingerprint density at radius 3 is 3.00 bits per heavy atom. The van der Waals surface area contributed by atoms with Gasteiger partial charge in [0.05, 0.1) is 6.61 Å². The van der Waals surface area contributed by atoms with Gasteiger partial charge in [-0.05, 0) is 19.8 Å². The van der Waals surface area contributed by atoms with Gasteiger partial charge in [-0.3, -0.25) is 4.90 Å². The Balaban J connectivity index is 2.19. The molecule has 2 saturated heterocycles. The Kier molecular flexibility index (Phi) is 1.88. The Hall–Kier alpha value is -0.150. The van der Waals surface area contributed by atoms with Crippen LogP contribution in [0.25, 0.3) is 0 Å². The van der Waals surface area contributed by atoms with Gasteiger partial charge < -0.3 is 5.11 Å².